The highest BCUT2D eigenvalue weighted by molar-refractivity contribution is 5.93. The van der Waals surface area contributed by atoms with Gasteiger partial charge in [-0.25, -0.2) is 0 Å². The van der Waals surface area contributed by atoms with Crippen molar-refractivity contribution in [2.45, 2.75) is 13.8 Å². The van der Waals surface area contributed by atoms with E-state index in [0.717, 1.165) is 49.3 Å². The normalized spacial score (nSPS) is 24.5. The standard InChI is InChI=1S/C16H23N3O.ClH/c1-11-3-4-12(2)15(5-11)18-16(20)10-19-8-13-6-17-7-14(13)9-19;/h3-5,13-14,17H,6-10H2,1-2H3,(H,18,20);1H/t13-,14+;. The zero-order valence-corrected chi connectivity index (χ0v) is 13.5. The van der Waals surface area contributed by atoms with E-state index in [0.29, 0.717) is 6.54 Å². The van der Waals surface area contributed by atoms with E-state index in [1.807, 2.05) is 19.9 Å². The molecular weight excluding hydrogens is 286 g/mol. The molecule has 1 aromatic carbocycles. The molecule has 1 amide bonds. The molecule has 3 rings (SSSR count). The number of benzene rings is 1. The monoisotopic (exact) mass is 309 g/mol. The smallest absolute Gasteiger partial charge is 0.238 e. The Balaban J connectivity index is 0.00000161. The van der Waals surface area contributed by atoms with Crippen molar-refractivity contribution in [3.63, 3.8) is 0 Å². The minimum atomic E-state index is 0. The molecule has 2 aliphatic heterocycles. The highest BCUT2D eigenvalue weighted by atomic mass is 35.5. The van der Waals surface area contributed by atoms with Crippen LogP contribution < -0.4 is 10.6 Å². The van der Waals surface area contributed by atoms with Gasteiger partial charge in [-0.2, -0.15) is 0 Å². The molecule has 2 saturated heterocycles. The third-order valence-corrected chi connectivity index (χ3v) is 4.50. The fourth-order valence-corrected chi connectivity index (χ4v) is 3.34. The Bertz CT molecular complexity index is 508. The van der Waals surface area contributed by atoms with Crippen molar-refractivity contribution in [1.29, 1.82) is 0 Å². The van der Waals surface area contributed by atoms with Gasteiger partial charge in [0.2, 0.25) is 5.91 Å². The minimum Gasteiger partial charge on any atom is -0.325 e. The molecule has 5 heteroatoms. The molecule has 0 radical (unpaired) electrons. The third-order valence-electron chi connectivity index (χ3n) is 4.50. The van der Waals surface area contributed by atoms with Crippen molar-refractivity contribution in [2.24, 2.45) is 11.8 Å². The molecule has 1 aromatic rings. The van der Waals surface area contributed by atoms with E-state index in [-0.39, 0.29) is 18.3 Å². The van der Waals surface area contributed by atoms with E-state index >= 15 is 0 Å². The molecule has 116 valence electrons. The van der Waals surface area contributed by atoms with Crippen LogP contribution in [0.25, 0.3) is 0 Å². The second kappa shape index (κ2) is 6.77. The van der Waals surface area contributed by atoms with Gasteiger partial charge in [0.25, 0.3) is 0 Å². The lowest BCUT2D eigenvalue weighted by atomic mass is 10.0. The number of fused-ring (bicyclic) bond motifs is 1. The first-order chi connectivity index (χ1) is 9.61. The van der Waals surface area contributed by atoms with Crippen LogP contribution in [0.1, 0.15) is 11.1 Å². The van der Waals surface area contributed by atoms with E-state index in [4.69, 9.17) is 0 Å². The predicted octanol–water partition coefficient (Wildman–Crippen LogP) is 1.81. The van der Waals surface area contributed by atoms with Crippen LogP contribution in [0.15, 0.2) is 18.2 Å². The summed E-state index contributed by atoms with van der Waals surface area (Å²) in [6.07, 6.45) is 0. The summed E-state index contributed by atoms with van der Waals surface area (Å²) >= 11 is 0. The van der Waals surface area contributed by atoms with Gasteiger partial charge in [0.1, 0.15) is 0 Å². The summed E-state index contributed by atoms with van der Waals surface area (Å²) < 4.78 is 0. The number of anilines is 1. The van der Waals surface area contributed by atoms with Crippen molar-refractivity contribution in [3.05, 3.63) is 29.3 Å². The van der Waals surface area contributed by atoms with Crippen molar-refractivity contribution in [3.8, 4) is 0 Å². The average Bonchev–Trinajstić information content (AvgIpc) is 2.94. The Labute approximate surface area is 132 Å². The number of halogens is 1. The van der Waals surface area contributed by atoms with Gasteiger partial charge < -0.3 is 10.6 Å². The van der Waals surface area contributed by atoms with Crippen LogP contribution in [0.5, 0.6) is 0 Å². The molecule has 0 spiro atoms. The molecule has 0 aliphatic carbocycles. The number of rotatable bonds is 3. The van der Waals surface area contributed by atoms with Gasteiger partial charge in [-0.05, 0) is 56.0 Å². The maximum atomic E-state index is 12.2. The fraction of sp³-hybridized carbons (Fsp3) is 0.562. The summed E-state index contributed by atoms with van der Waals surface area (Å²) in [6, 6.07) is 6.16. The Morgan fingerprint density at radius 3 is 2.62 bits per heavy atom. The Kier molecular flexibility index (Phi) is 5.25. The molecule has 2 fully saturated rings. The fourth-order valence-electron chi connectivity index (χ4n) is 3.34. The van der Waals surface area contributed by atoms with Crippen molar-refractivity contribution in [1.82, 2.24) is 10.2 Å². The number of carbonyl (C=O) groups is 1. The first kappa shape index (κ1) is 16.3. The molecule has 4 nitrogen and oxygen atoms in total. The summed E-state index contributed by atoms with van der Waals surface area (Å²) in [5, 5.41) is 6.47. The van der Waals surface area contributed by atoms with Crippen molar-refractivity contribution >= 4 is 24.0 Å². The van der Waals surface area contributed by atoms with Crippen molar-refractivity contribution in [2.75, 3.05) is 38.0 Å². The third kappa shape index (κ3) is 3.76. The lowest BCUT2D eigenvalue weighted by molar-refractivity contribution is -0.117. The number of nitrogens with one attached hydrogen (secondary N) is 2. The summed E-state index contributed by atoms with van der Waals surface area (Å²) in [7, 11) is 0. The number of nitrogens with zero attached hydrogens (tertiary/aromatic N) is 1. The summed E-state index contributed by atoms with van der Waals surface area (Å²) in [5.74, 6) is 1.58. The van der Waals surface area contributed by atoms with Gasteiger partial charge in [-0.3, -0.25) is 9.69 Å². The Hall–Kier alpha value is -1.10. The van der Waals surface area contributed by atoms with Gasteiger partial charge in [0.15, 0.2) is 0 Å². The van der Waals surface area contributed by atoms with Gasteiger partial charge in [0.05, 0.1) is 6.54 Å². The number of hydrogen-bond acceptors (Lipinski definition) is 3. The summed E-state index contributed by atoms with van der Waals surface area (Å²) in [6.45, 7) is 8.92. The van der Waals surface area contributed by atoms with Crippen LogP contribution in [0.3, 0.4) is 0 Å². The topological polar surface area (TPSA) is 44.4 Å². The van der Waals surface area contributed by atoms with Crippen LogP contribution in [0.4, 0.5) is 5.69 Å². The number of aryl methyl sites for hydroxylation is 2. The largest absolute Gasteiger partial charge is 0.325 e. The lowest BCUT2D eigenvalue weighted by Crippen LogP contribution is -2.33. The van der Waals surface area contributed by atoms with Crippen LogP contribution in [0, 0.1) is 25.7 Å². The van der Waals surface area contributed by atoms with Gasteiger partial charge in [-0.1, -0.05) is 12.1 Å². The van der Waals surface area contributed by atoms with E-state index in [9.17, 15) is 4.79 Å². The summed E-state index contributed by atoms with van der Waals surface area (Å²) in [5.41, 5.74) is 3.23. The van der Waals surface area contributed by atoms with Gasteiger partial charge in [-0.15, -0.1) is 12.4 Å². The molecule has 0 unspecified atom stereocenters. The zero-order chi connectivity index (χ0) is 14.1. The second-order valence-electron chi connectivity index (χ2n) is 6.24. The van der Waals surface area contributed by atoms with Gasteiger partial charge in [0, 0.05) is 18.8 Å². The van der Waals surface area contributed by atoms with Gasteiger partial charge >= 0.3 is 0 Å². The number of hydrogen-bond donors (Lipinski definition) is 2. The van der Waals surface area contributed by atoms with E-state index < -0.39 is 0 Å². The molecule has 2 atom stereocenters. The van der Waals surface area contributed by atoms with E-state index in [1.54, 1.807) is 0 Å². The van der Waals surface area contributed by atoms with Crippen LogP contribution in [-0.2, 0) is 4.79 Å². The summed E-state index contributed by atoms with van der Waals surface area (Å²) in [4.78, 5) is 14.5. The van der Waals surface area contributed by atoms with E-state index in [1.165, 1.54) is 5.56 Å². The van der Waals surface area contributed by atoms with Crippen LogP contribution >= 0.6 is 12.4 Å². The number of carbonyl (C=O) groups excluding carboxylic acids is 1. The second-order valence-corrected chi connectivity index (χ2v) is 6.24. The highest BCUT2D eigenvalue weighted by Gasteiger charge is 2.36. The highest BCUT2D eigenvalue weighted by Crippen LogP contribution is 2.26. The quantitative estimate of drug-likeness (QED) is 0.895. The molecule has 21 heavy (non-hydrogen) atoms. The SMILES string of the molecule is Cc1ccc(C)c(NC(=O)CN2C[C@H]3CNC[C@H]3C2)c1.Cl. The maximum absolute atomic E-state index is 12.2. The number of likely N-dealkylation sites (tertiary alicyclic amines) is 1. The first-order valence-corrected chi connectivity index (χ1v) is 7.42. The van der Waals surface area contributed by atoms with Crippen LogP contribution in [0.2, 0.25) is 0 Å². The molecule has 2 aliphatic rings. The van der Waals surface area contributed by atoms with Crippen LogP contribution in [-0.4, -0.2) is 43.5 Å². The molecule has 0 saturated carbocycles. The molecule has 0 bridgehead atoms. The zero-order valence-electron chi connectivity index (χ0n) is 12.7. The molecule has 2 heterocycles. The maximum Gasteiger partial charge on any atom is 0.238 e. The lowest BCUT2D eigenvalue weighted by Gasteiger charge is -2.17. The first-order valence-electron chi connectivity index (χ1n) is 7.42. The molecule has 0 aromatic heterocycles. The van der Waals surface area contributed by atoms with E-state index in [2.05, 4.69) is 27.7 Å². The Morgan fingerprint density at radius 1 is 1.29 bits per heavy atom. The predicted molar refractivity (Wildman–Crippen MR) is 88.1 cm³/mol. The minimum absolute atomic E-state index is 0. The Morgan fingerprint density at radius 2 is 1.95 bits per heavy atom. The number of amides is 1. The molecular formula is C16H24ClN3O. The molecule has 2 N–H and O–H groups in total. The van der Waals surface area contributed by atoms with Crippen molar-refractivity contribution < 1.29 is 4.79 Å². The average molecular weight is 310 g/mol.